The zero-order valence-corrected chi connectivity index (χ0v) is 17.9. The van der Waals surface area contributed by atoms with E-state index in [1.54, 1.807) is 9.80 Å². The van der Waals surface area contributed by atoms with Crippen LogP contribution in [0.25, 0.3) is 0 Å². The van der Waals surface area contributed by atoms with Crippen LogP contribution in [0.4, 0.5) is 5.69 Å². The Balaban J connectivity index is 1.68. The van der Waals surface area contributed by atoms with E-state index in [0.717, 1.165) is 29.7 Å². The minimum Gasteiger partial charge on any atom is -0.329 e. The second-order valence-electron chi connectivity index (χ2n) is 7.67. The van der Waals surface area contributed by atoms with E-state index in [-0.39, 0.29) is 37.5 Å². The standard InChI is InChI=1S/C24H29N3O3/c1-4-13-25(24(30)20-11-9-19(5-2)10-12-20)15-22(28)26-16-23(29)27(17-26)21-8-6-7-18(3)14-21/h6-12,14H,4-5,13,15-17H2,1-3H3. The highest BCUT2D eigenvalue weighted by Gasteiger charge is 2.33. The van der Waals surface area contributed by atoms with Gasteiger partial charge in [0.05, 0.1) is 0 Å². The third kappa shape index (κ3) is 4.87. The highest BCUT2D eigenvalue weighted by molar-refractivity contribution is 6.01. The first-order chi connectivity index (χ1) is 14.4. The normalized spacial score (nSPS) is 13.6. The van der Waals surface area contributed by atoms with Gasteiger partial charge in [-0.2, -0.15) is 0 Å². The van der Waals surface area contributed by atoms with Gasteiger partial charge in [0, 0.05) is 17.8 Å². The molecule has 6 heteroatoms. The number of anilines is 1. The van der Waals surface area contributed by atoms with Crippen molar-refractivity contribution >= 4 is 23.4 Å². The summed E-state index contributed by atoms with van der Waals surface area (Å²) in [4.78, 5) is 43.0. The summed E-state index contributed by atoms with van der Waals surface area (Å²) in [6, 6.07) is 15.2. The number of hydrogen-bond donors (Lipinski definition) is 0. The van der Waals surface area contributed by atoms with Crippen LogP contribution in [-0.2, 0) is 16.0 Å². The summed E-state index contributed by atoms with van der Waals surface area (Å²) >= 11 is 0. The fourth-order valence-corrected chi connectivity index (χ4v) is 3.59. The van der Waals surface area contributed by atoms with Gasteiger partial charge < -0.3 is 9.80 Å². The Morgan fingerprint density at radius 2 is 1.80 bits per heavy atom. The number of benzene rings is 2. The van der Waals surface area contributed by atoms with E-state index in [9.17, 15) is 14.4 Å². The molecular weight excluding hydrogens is 378 g/mol. The summed E-state index contributed by atoms with van der Waals surface area (Å²) in [5, 5.41) is 0. The molecule has 6 nitrogen and oxygen atoms in total. The average Bonchev–Trinajstić information content (AvgIpc) is 3.15. The monoisotopic (exact) mass is 407 g/mol. The smallest absolute Gasteiger partial charge is 0.254 e. The maximum atomic E-state index is 13.0. The molecule has 0 unspecified atom stereocenters. The molecular formula is C24H29N3O3. The second kappa shape index (κ2) is 9.57. The molecule has 158 valence electrons. The molecule has 2 aromatic rings. The third-order valence-electron chi connectivity index (χ3n) is 5.32. The minimum atomic E-state index is -0.217. The van der Waals surface area contributed by atoms with Gasteiger partial charge in [-0.3, -0.25) is 19.3 Å². The Kier molecular flexibility index (Phi) is 6.87. The molecule has 3 rings (SSSR count). The van der Waals surface area contributed by atoms with Gasteiger partial charge in [-0.05, 0) is 55.2 Å². The third-order valence-corrected chi connectivity index (χ3v) is 5.32. The Bertz CT molecular complexity index is 924. The fourth-order valence-electron chi connectivity index (χ4n) is 3.59. The molecule has 30 heavy (non-hydrogen) atoms. The van der Waals surface area contributed by atoms with E-state index in [1.807, 2.05) is 62.4 Å². The van der Waals surface area contributed by atoms with E-state index < -0.39 is 0 Å². The first-order valence-corrected chi connectivity index (χ1v) is 10.5. The molecule has 3 amide bonds. The van der Waals surface area contributed by atoms with Crippen molar-refractivity contribution in [1.29, 1.82) is 0 Å². The summed E-state index contributed by atoms with van der Waals surface area (Å²) in [6.07, 6.45) is 1.66. The summed E-state index contributed by atoms with van der Waals surface area (Å²) in [5.74, 6) is -0.489. The molecule has 1 aliphatic heterocycles. The van der Waals surface area contributed by atoms with Gasteiger partial charge in [0.15, 0.2) is 0 Å². The van der Waals surface area contributed by atoms with Crippen LogP contribution < -0.4 is 4.90 Å². The number of rotatable bonds is 7. The molecule has 0 aromatic heterocycles. The Morgan fingerprint density at radius 3 is 2.43 bits per heavy atom. The predicted molar refractivity (Wildman–Crippen MR) is 117 cm³/mol. The van der Waals surface area contributed by atoms with Crippen molar-refractivity contribution in [1.82, 2.24) is 9.80 Å². The number of carbonyl (C=O) groups excluding carboxylic acids is 3. The van der Waals surface area contributed by atoms with Crippen molar-refractivity contribution in [2.45, 2.75) is 33.6 Å². The van der Waals surface area contributed by atoms with Crippen LogP contribution in [0.2, 0.25) is 0 Å². The summed E-state index contributed by atoms with van der Waals surface area (Å²) in [6.45, 7) is 6.71. The van der Waals surface area contributed by atoms with Crippen molar-refractivity contribution in [3.8, 4) is 0 Å². The number of carbonyl (C=O) groups is 3. The average molecular weight is 408 g/mol. The van der Waals surface area contributed by atoms with Gasteiger partial charge in [0.1, 0.15) is 19.8 Å². The number of hydrogen-bond acceptors (Lipinski definition) is 3. The first kappa shape index (κ1) is 21.6. The van der Waals surface area contributed by atoms with Gasteiger partial charge in [-0.1, -0.05) is 38.1 Å². The molecule has 0 N–H and O–H groups in total. The van der Waals surface area contributed by atoms with E-state index in [1.165, 1.54) is 4.90 Å². The number of aryl methyl sites for hydroxylation is 2. The maximum absolute atomic E-state index is 13.0. The van der Waals surface area contributed by atoms with Crippen molar-refractivity contribution in [2.24, 2.45) is 0 Å². The molecule has 2 aromatic carbocycles. The van der Waals surface area contributed by atoms with Gasteiger partial charge >= 0.3 is 0 Å². The van der Waals surface area contributed by atoms with Gasteiger partial charge in [-0.25, -0.2) is 0 Å². The summed E-state index contributed by atoms with van der Waals surface area (Å²) in [5.41, 5.74) is 3.58. The Hall–Kier alpha value is -3.15. The lowest BCUT2D eigenvalue weighted by Crippen LogP contribution is -2.43. The lowest BCUT2D eigenvalue weighted by Gasteiger charge is -2.25. The van der Waals surface area contributed by atoms with Crippen molar-refractivity contribution in [3.05, 3.63) is 65.2 Å². The van der Waals surface area contributed by atoms with Crippen LogP contribution in [0.3, 0.4) is 0 Å². The second-order valence-corrected chi connectivity index (χ2v) is 7.67. The van der Waals surface area contributed by atoms with Crippen molar-refractivity contribution < 1.29 is 14.4 Å². The van der Waals surface area contributed by atoms with Crippen LogP contribution in [0.1, 0.15) is 41.8 Å². The number of nitrogens with zero attached hydrogens (tertiary/aromatic N) is 3. The Labute approximate surface area is 178 Å². The highest BCUT2D eigenvalue weighted by Crippen LogP contribution is 2.21. The number of amides is 3. The maximum Gasteiger partial charge on any atom is 0.254 e. The summed E-state index contributed by atoms with van der Waals surface area (Å²) < 4.78 is 0. The predicted octanol–water partition coefficient (Wildman–Crippen LogP) is 3.24. The molecule has 0 spiro atoms. The van der Waals surface area contributed by atoms with Crippen LogP contribution in [0.15, 0.2) is 48.5 Å². The summed E-state index contributed by atoms with van der Waals surface area (Å²) in [7, 11) is 0. The van der Waals surface area contributed by atoms with Gasteiger partial charge in [-0.15, -0.1) is 0 Å². The van der Waals surface area contributed by atoms with Crippen LogP contribution in [-0.4, -0.2) is 53.8 Å². The molecule has 1 saturated heterocycles. The molecule has 0 bridgehead atoms. The molecule has 1 aliphatic rings. The lowest BCUT2D eigenvalue weighted by molar-refractivity contribution is -0.132. The van der Waals surface area contributed by atoms with Crippen LogP contribution >= 0.6 is 0 Å². The van der Waals surface area contributed by atoms with Crippen molar-refractivity contribution in [3.63, 3.8) is 0 Å². The SMILES string of the molecule is CCCN(CC(=O)N1CC(=O)N(c2cccc(C)c2)C1)C(=O)c1ccc(CC)cc1. The Morgan fingerprint density at radius 1 is 1.07 bits per heavy atom. The molecule has 0 atom stereocenters. The minimum absolute atomic E-state index is 0.0306. The molecule has 0 aliphatic carbocycles. The van der Waals surface area contributed by atoms with Crippen molar-refractivity contribution in [2.75, 3.05) is 31.2 Å². The van der Waals surface area contributed by atoms with E-state index in [0.29, 0.717) is 12.1 Å². The first-order valence-electron chi connectivity index (χ1n) is 10.5. The van der Waals surface area contributed by atoms with E-state index in [4.69, 9.17) is 0 Å². The molecule has 0 radical (unpaired) electrons. The molecule has 1 fully saturated rings. The fraction of sp³-hybridized carbons (Fsp3) is 0.375. The van der Waals surface area contributed by atoms with Gasteiger partial charge in [0.2, 0.25) is 11.8 Å². The molecule has 1 heterocycles. The van der Waals surface area contributed by atoms with Gasteiger partial charge in [0.25, 0.3) is 5.91 Å². The zero-order valence-electron chi connectivity index (χ0n) is 17.9. The topological polar surface area (TPSA) is 60.9 Å². The molecule has 0 saturated carbocycles. The zero-order chi connectivity index (χ0) is 21.7. The van der Waals surface area contributed by atoms with E-state index >= 15 is 0 Å². The largest absolute Gasteiger partial charge is 0.329 e. The lowest BCUT2D eigenvalue weighted by atomic mass is 10.1. The van der Waals surface area contributed by atoms with Crippen LogP contribution in [0, 0.1) is 6.92 Å². The highest BCUT2D eigenvalue weighted by atomic mass is 16.2. The quantitative estimate of drug-likeness (QED) is 0.708. The van der Waals surface area contributed by atoms with Crippen LogP contribution in [0.5, 0.6) is 0 Å². The van der Waals surface area contributed by atoms with E-state index in [2.05, 4.69) is 6.92 Å².